The summed E-state index contributed by atoms with van der Waals surface area (Å²) in [4.78, 5) is 156. The average Bonchev–Trinajstić information content (AvgIpc) is 1.29. The van der Waals surface area contributed by atoms with Crippen LogP contribution in [0.1, 0.15) is 132 Å². The van der Waals surface area contributed by atoms with Crippen molar-refractivity contribution in [2.75, 3.05) is 47.1 Å². The molecule has 0 heterocycles. The summed E-state index contributed by atoms with van der Waals surface area (Å²) in [6.07, 6.45) is 1.69. The van der Waals surface area contributed by atoms with E-state index in [1.54, 1.807) is 48.0 Å². The van der Waals surface area contributed by atoms with Crippen LogP contribution in [0.2, 0.25) is 0 Å². The van der Waals surface area contributed by atoms with E-state index < -0.39 is 119 Å². The number of nitrogens with two attached hydrogens (primary N) is 1. The van der Waals surface area contributed by atoms with Crippen molar-refractivity contribution in [1.82, 2.24) is 40.9 Å². The summed E-state index contributed by atoms with van der Waals surface area (Å²) in [7, 11) is 8.73. The van der Waals surface area contributed by atoms with Crippen molar-refractivity contribution in [2.45, 2.75) is 187 Å². The minimum atomic E-state index is -1.26. The van der Waals surface area contributed by atoms with Gasteiger partial charge in [0.25, 0.3) is 0 Å². The van der Waals surface area contributed by atoms with Crippen LogP contribution >= 0.6 is 21.6 Å². The van der Waals surface area contributed by atoms with Crippen molar-refractivity contribution in [3.63, 3.8) is 0 Å². The molecular formula is C65H101N9O13S2. The number of hydrogen-bond donors (Lipinski definition) is 6. The maximum absolute atomic E-state index is 14.6. The number of ketones is 2. The smallest absolute Gasteiger partial charge is 0.408 e. The minimum Gasteiger partial charge on any atom is -0.480 e. The molecule has 496 valence electrons. The van der Waals surface area contributed by atoms with Crippen LogP contribution in [0.5, 0.6) is 0 Å². The number of carboxylic acid groups (broad SMARTS) is 1. The Labute approximate surface area is 535 Å². The van der Waals surface area contributed by atoms with Gasteiger partial charge in [-0.2, -0.15) is 0 Å². The maximum atomic E-state index is 14.6. The Morgan fingerprint density at radius 1 is 0.618 bits per heavy atom. The Morgan fingerprint density at radius 2 is 1.17 bits per heavy atom. The summed E-state index contributed by atoms with van der Waals surface area (Å²) in [5.74, 6) is -8.01. The third-order valence-electron chi connectivity index (χ3n) is 15.1. The fourth-order valence-corrected chi connectivity index (χ4v) is 12.0. The number of aliphatic carboxylic acids is 1. The quantitative estimate of drug-likeness (QED) is 0.0245. The lowest BCUT2D eigenvalue weighted by Gasteiger charge is -2.36. The first-order valence-corrected chi connectivity index (χ1v) is 32.8. The van der Waals surface area contributed by atoms with E-state index in [-0.39, 0.29) is 86.2 Å². The first-order valence-electron chi connectivity index (χ1n) is 30.5. The molecular weight excluding hydrogens is 1180 g/mol. The molecule has 0 spiro atoms. The summed E-state index contributed by atoms with van der Waals surface area (Å²) in [5.41, 5.74) is 8.00. The molecule has 24 heteroatoms. The molecule has 22 nitrogen and oxygen atoms in total. The highest BCUT2D eigenvalue weighted by Crippen LogP contribution is 2.35. The second kappa shape index (κ2) is 38.7. The number of ether oxygens (including phenoxy) is 1. The molecule has 2 rings (SSSR count). The second-order valence-corrected chi connectivity index (χ2v) is 28.0. The van der Waals surface area contributed by atoms with Gasteiger partial charge in [0.2, 0.25) is 41.4 Å². The summed E-state index contributed by atoms with van der Waals surface area (Å²) < 4.78 is 4.96. The number of carbonyl (C=O) groups is 11. The molecule has 89 heavy (non-hydrogen) atoms. The number of nitrogens with one attached hydrogen (secondary N) is 4. The molecule has 2 aromatic rings. The van der Waals surface area contributed by atoms with Gasteiger partial charge >= 0.3 is 12.1 Å². The van der Waals surface area contributed by atoms with Crippen molar-refractivity contribution in [3.05, 3.63) is 84.4 Å². The molecule has 10 atom stereocenters. The molecule has 0 radical (unpaired) electrons. The van der Waals surface area contributed by atoms with Crippen LogP contribution in [0.15, 0.2) is 73.3 Å². The number of likely N-dealkylation sites (N-methyl/N-ethyl adjacent to an activating group) is 4. The summed E-state index contributed by atoms with van der Waals surface area (Å²) in [5, 5.41) is 20.1. The number of Topliss-reactive ketones (excluding diaryl/α,β-unsaturated/α-hetero) is 2. The van der Waals surface area contributed by atoms with Crippen LogP contribution in [0.4, 0.5) is 4.79 Å². The molecule has 2 aromatic carbocycles. The Balaban J connectivity index is 2.37. The molecule has 0 saturated heterocycles. The fourth-order valence-electron chi connectivity index (χ4n) is 9.57. The topological polar surface area (TPSA) is 304 Å². The minimum absolute atomic E-state index is 0.0362. The van der Waals surface area contributed by atoms with Crippen molar-refractivity contribution < 1.29 is 62.6 Å². The highest BCUT2D eigenvalue weighted by molar-refractivity contribution is 8.77. The third-order valence-corrected chi connectivity index (χ3v) is 18.5. The molecule has 0 aliphatic rings. The molecule has 0 aromatic heterocycles. The van der Waals surface area contributed by atoms with Crippen LogP contribution in [-0.2, 0) is 65.5 Å². The van der Waals surface area contributed by atoms with Crippen molar-refractivity contribution >= 4 is 86.6 Å². The van der Waals surface area contributed by atoms with Gasteiger partial charge in [-0.3, -0.25) is 47.9 Å². The fraction of sp³-hybridized carbons (Fsp3) is 0.615. The summed E-state index contributed by atoms with van der Waals surface area (Å²) in [6.45, 7) is 23.1. The first kappa shape index (κ1) is 78.3. The normalized spacial score (nSPS) is 14.8. The zero-order valence-corrected chi connectivity index (χ0v) is 56.6. The number of carboxylic acids is 1. The molecule has 7 N–H and O–H groups in total. The van der Waals surface area contributed by atoms with Gasteiger partial charge in [-0.15, -0.1) is 0 Å². The van der Waals surface area contributed by atoms with Gasteiger partial charge in [0, 0.05) is 76.3 Å². The molecule has 0 aliphatic heterocycles. The SMILES string of the molecule is C=CCOC(=O)N[C@@H](CSSC(C)(C)C)C(=O)NCCCC[C@H](CC(=O)[C@@H](N)Cc1ccccc1)C(=O)N[C@@H](CC(C)C)C(=O)N(C)[C@@H](C)C(=O)N(C)[C@@H](CC(C)C)C(=O)C[C@@H](C)C(=O)N(C)[C@@H](Cc1ccccc1)C(=O)N(C)[C@@H](C)C(=O)N[C@@H](C)C(=O)O. The van der Waals surface area contributed by atoms with Gasteiger partial charge in [-0.1, -0.05) is 157 Å². The van der Waals surface area contributed by atoms with Crippen LogP contribution in [0.3, 0.4) is 0 Å². The molecule has 0 unspecified atom stereocenters. The number of nitrogens with zero attached hydrogens (tertiary/aromatic N) is 4. The molecule has 0 saturated carbocycles. The van der Waals surface area contributed by atoms with Gasteiger partial charge in [0.05, 0.1) is 12.1 Å². The summed E-state index contributed by atoms with van der Waals surface area (Å²) >= 11 is 0. The van der Waals surface area contributed by atoms with Gasteiger partial charge < -0.3 is 56.4 Å². The Bertz CT molecular complexity index is 2680. The zero-order chi connectivity index (χ0) is 67.5. The number of benzene rings is 2. The highest BCUT2D eigenvalue weighted by atomic mass is 33.1. The van der Waals surface area contributed by atoms with E-state index >= 15 is 0 Å². The predicted octanol–water partition coefficient (Wildman–Crippen LogP) is 6.23. The van der Waals surface area contributed by atoms with E-state index in [2.05, 4.69) is 27.8 Å². The lowest BCUT2D eigenvalue weighted by atomic mass is 9.90. The monoisotopic (exact) mass is 1280 g/mol. The van der Waals surface area contributed by atoms with E-state index in [0.29, 0.717) is 18.4 Å². The summed E-state index contributed by atoms with van der Waals surface area (Å²) in [6, 6.07) is 9.48. The van der Waals surface area contributed by atoms with Crippen molar-refractivity contribution in [2.24, 2.45) is 29.4 Å². The second-order valence-electron chi connectivity index (χ2n) is 24.8. The van der Waals surface area contributed by atoms with E-state index in [1.165, 1.54) is 80.5 Å². The average molecular weight is 1280 g/mol. The van der Waals surface area contributed by atoms with Gasteiger partial charge in [-0.25, -0.2) is 4.79 Å². The predicted molar refractivity (Wildman–Crippen MR) is 349 cm³/mol. The van der Waals surface area contributed by atoms with Gasteiger partial charge in [-0.05, 0) is 75.8 Å². The highest BCUT2D eigenvalue weighted by Gasteiger charge is 2.40. The molecule has 0 aliphatic carbocycles. The molecule has 0 bridgehead atoms. The van der Waals surface area contributed by atoms with E-state index in [1.807, 2.05) is 78.8 Å². The van der Waals surface area contributed by atoms with Crippen molar-refractivity contribution in [1.29, 1.82) is 0 Å². The van der Waals surface area contributed by atoms with Crippen LogP contribution in [0.25, 0.3) is 0 Å². The Hall–Kier alpha value is -6.79. The lowest BCUT2D eigenvalue weighted by molar-refractivity contribution is -0.150. The van der Waals surface area contributed by atoms with Crippen LogP contribution in [-0.4, -0.2) is 190 Å². The Kier molecular flexibility index (Phi) is 34.0. The maximum Gasteiger partial charge on any atom is 0.408 e. The number of alkyl carbamates (subject to hydrolysis) is 1. The number of unbranched alkanes of at least 4 members (excludes halogenated alkanes) is 1. The molecule has 0 fully saturated rings. The lowest BCUT2D eigenvalue weighted by Crippen LogP contribution is -2.57. The van der Waals surface area contributed by atoms with Crippen molar-refractivity contribution in [3.8, 4) is 0 Å². The first-order chi connectivity index (χ1) is 41.6. The number of amides is 8. The largest absolute Gasteiger partial charge is 0.480 e. The van der Waals surface area contributed by atoms with Gasteiger partial charge in [0.1, 0.15) is 42.9 Å². The van der Waals surface area contributed by atoms with E-state index in [0.717, 1.165) is 10.5 Å². The Morgan fingerprint density at radius 3 is 1.71 bits per heavy atom. The van der Waals surface area contributed by atoms with Crippen LogP contribution < -0.4 is 27.0 Å². The van der Waals surface area contributed by atoms with E-state index in [9.17, 15) is 57.8 Å². The number of carbonyl (C=O) groups excluding carboxylic acids is 10. The number of hydrogen-bond acceptors (Lipinski definition) is 15. The standard InChI is InChI=1S/C65H101N9O13S2/c1-17-32-87-64(86)70-51(39-88-89-65(10,11)12)58(79)67-31-25-24-30-48(38-54(75)49(66)36-46-26-20-18-21-27-46)57(78)69-50(33-40(2)3)61(82)72(14)45(9)60(81)73(15)52(34-41(4)5)55(76)35-42(6)59(80)74(16)53(37-47-28-22-19-23-29-47)62(83)71(13)44(8)56(77)68-43(7)63(84)85/h17-23,26-29,40-45,48-53H,1,24-25,30-39,66H2,2-16H3,(H,67,79)(H,68,77)(H,69,78)(H,70,86)(H,84,85)/t42-,43+,44+,45+,48-,49+,50+,51+,52+,53+/m1/s1. The van der Waals surface area contributed by atoms with E-state index in [4.69, 9.17) is 10.5 Å². The third kappa shape index (κ3) is 27.5. The van der Waals surface area contributed by atoms with Gasteiger partial charge in [0.15, 0.2) is 11.6 Å². The molecule has 8 amide bonds. The zero-order valence-electron chi connectivity index (χ0n) is 55.0. The number of rotatable bonds is 39. The van der Waals surface area contributed by atoms with Crippen LogP contribution in [0, 0.1) is 23.7 Å².